The summed E-state index contributed by atoms with van der Waals surface area (Å²) in [6.07, 6.45) is 1.57. The molecule has 0 radical (unpaired) electrons. The van der Waals surface area contributed by atoms with Crippen molar-refractivity contribution in [2.24, 2.45) is 11.8 Å². The van der Waals surface area contributed by atoms with Crippen LogP contribution in [0.4, 0.5) is 0 Å². The Balaban J connectivity index is 4.17. The second-order valence-electron chi connectivity index (χ2n) is 3.19. The number of rotatable bonds is 5. The molecule has 12 heavy (non-hydrogen) atoms. The van der Waals surface area contributed by atoms with Crippen LogP contribution >= 0.6 is 0 Å². The molecule has 0 fully saturated rings. The maximum atomic E-state index is 11.2. The summed E-state index contributed by atoms with van der Waals surface area (Å²) in [6.45, 7) is 9.01. The van der Waals surface area contributed by atoms with Gasteiger partial charge in [0, 0.05) is 18.3 Å². The van der Waals surface area contributed by atoms with E-state index in [1.807, 2.05) is 13.8 Å². The van der Waals surface area contributed by atoms with Gasteiger partial charge in [0.05, 0.1) is 6.10 Å². The molecule has 0 aromatic rings. The largest absolute Gasteiger partial charge is 0.392 e. The van der Waals surface area contributed by atoms with Crippen LogP contribution in [0.1, 0.15) is 27.2 Å². The Hall–Kier alpha value is -0.630. The van der Waals surface area contributed by atoms with Crippen LogP contribution in [0.25, 0.3) is 0 Å². The Bertz CT molecular complexity index is 163. The standard InChI is InChI=1S/C10H18O2/c1-5-7(3)10(12)8(4)9(11)6-2/h5,7-8,10,12H,1,6H2,2-4H3/t7-,8-,10+/m1/s1. The fourth-order valence-electron chi connectivity index (χ4n) is 1.11. The number of Topliss-reactive ketones (excluding diaryl/α,β-unsaturated/α-hetero) is 1. The van der Waals surface area contributed by atoms with Crippen molar-refractivity contribution >= 4 is 5.78 Å². The summed E-state index contributed by atoms with van der Waals surface area (Å²) in [7, 11) is 0. The van der Waals surface area contributed by atoms with Crippen LogP contribution in [-0.4, -0.2) is 17.0 Å². The van der Waals surface area contributed by atoms with Gasteiger partial charge < -0.3 is 5.11 Å². The van der Waals surface area contributed by atoms with Crippen molar-refractivity contribution in [3.63, 3.8) is 0 Å². The number of aliphatic hydroxyl groups is 1. The molecule has 2 nitrogen and oxygen atoms in total. The van der Waals surface area contributed by atoms with Gasteiger partial charge in [0.25, 0.3) is 0 Å². The van der Waals surface area contributed by atoms with Crippen molar-refractivity contribution in [2.75, 3.05) is 0 Å². The van der Waals surface area contributed by atoms with Crippen LogP contribution in [0, 0.1) is 11.8 Å². The first-order valence-corrected chi connectivity index (χ1v) is 4.37. The SMILES string of the molecule is C=C[C@@H](C)[C@H](O)[C@H](C)C(=O)CC. The van der Waals surface area contributed by atoms with E-state index in [-0.39, 0.29) is 17.6 Å². The van der Waals surface area contributed by atoms with E-state index in [4.69, 9.17) is 0 Å². The third kappa shape index (κ3) is 2.78. The number of aliphatic hydroxyl groups excluding tert-OH is 1. The lowest BCUT2D eigenvalue weighted by molar-refractivity contribution is -0.126. The molecule has 0 aliphatic carbocycles. The fraction of sp³-hybridized carbons (Fsp3) is 0.700. The molecule has 0 aromatic carbocycles. The van der Waals surface area contributed by atoms with Gasteiger partial charge in [-0.05, 0) is 0 Å². The normalized spacial score (nSPS) is 18.0. The zero-order valence-electron chi connectivity index (χ0n) is 8.08. The number of carbonyl (C=O) groups excluding carboxylic acids is 1. The van der Waals surface area contributed by atoms with E-state index in [9.17, 15) is 9.90 Å². The molecule has 0 saturated heterocycles. The minimum atomic E-state index is -0.588. The third-order valence-electron chi connectivity index (χ3n) is 2.28. The smallest absolute Gasteiger partial charge is 0.138 e. The summed E-state index contributed by atoms with van der Waals surface area (Å²) in [6, 6.07) is 0. The van der Waals surface area contributed by atoms with E-state index < -0.39 is 6.10 Å². The quantitative estimate of drug-likeness (QED) is 0.639. The zero-order valence-corrected chi connectivity index (χ0v) is 8.08. The van der Waals surface area contributed by atoms with E-state index in [1.165, 1.54) is 0 Å². The van der Waals surface area contributed by atoms with Gasteiger partial charge in [-0.2, -0.15) is 0 Å². The van der Waals surface area contributed by atoms with Crippen LogP contribution in [0.2, 0.25) is 0 Å². The molecule has 0 aromatic heterocycles. The summed E-state index contributed by atoms with van der Waals surface area (Å²) < 4.78 is 0. The molecule has 0 unspecified atom stereocenters. The number of hydrogen-bond donors (Lipinski definition) is 1. The van der Waals surface area contributed by atoms with Gasteiger partial charge in [-0.15, -0.1) is 6.58 Å². The van der Waals surface area contributed by atoms with Crippen molar-refractivity contribution in [3.8, 4) is 0 Å². The molecule has 3 atom stereocenters. The minimum absolute atomic E-state index is 0.0181. The van der Waals surface area contributed by atoms with E-state index in [1.54, 1.807) is 13.0 Å². The zero-order chi connectivity index (χ0) is 9.72. The lowest BCUT2D eigenvalue weighted by Gasteiger charge is -2.20. The topological polar surface area (TPSA) is 37.3 Å². The molecular weight excluding hydrogens is 152 g/mol. The molecule has 0 amide bonds. The molecule has 0 saturated carbocycles. The number of hydrogen-bond acceptors (Lipinski definition) is 2. The number of ketones is 1. The highest BCUT2D eigenvalue weighted by Crippen LogP contribution is 2.15. The predicted molar refractivity (Wildman–Crippen MR) is 49.8 cm³/mol. The van der Waals surface area contributed by atoms with Crippen molar-refractivity contribution in [2.45, 2.75) is 33.3 Å². The van der Waals surface area contributed by atoms with Gasteiger partial charge in [-0.3, -0.25) is 4.79 Å². The first-order chi connectivity index (χ1) is 5.54. The minimum Gasteiger partial charge on any atom is -0.392 e. The molecule has 0 spiro atoms. The number of carbonyl (C=O) groups is 1. The highest BCUT2D eigenvalue weighted by Gasteiger charge is 2.23. The maximum absolute atomic E-state index is 11.2. The summed E-state index contributed by atoms with van der Waals surface area (Å²) in [5.41, 5.74) is 0. The summed E-state index contributed by atoms with van der Waals surface area (Å²) in [5, 5.41) is 9.60. The van der Waals surface area contributed by atoms with Crippen molar-refractivity contribution in [1.29, 1.82) is 0 Å². The second-order valence-corrected chi connectivity index (χ2v) is 3.19. The van der Waals surface area contributed by atoms with Gasteiger partial charge in [-0.25, -0.2) is 0 Å². The highest BCUT2D eigenvalue weighted by molar-refractivity contribution is 5.80. The molecule has 70 valence electrons. The summed E-state index contributed by atoms with van der Waals surface area (Å²) in [5.74, 6) is -0.185. The van der Waals surface area contributed by atoms with E-state index in [2.05, 4.69) is 6.58 Å². The summed E-state index contributed by atoms with van der Waals surface area (Å²) in [4.78, 5) is 11.2. The Labute approximate surface area is 74.3 Å². The Kier molecular flexibility index (Phi) is 4.83. The van der Waals surface area contributed by atoms with E-state index in [0.29, 0.717) is 6.42 Å². The van der Waals surface area contributed by atoms with Crippen LogP contribution in [0.3, 0.4) is 0 Å². The average Bonchev–Trinajstić information content (AvgIpc) is 2.12. The van der Waals surface area contributed by atoms with Gasteiger partial charge in [0.1, 0.15) is 5.78 Å². The van der Waals surface area contributed by atoms with Gasteiger partial charge in [0.15, 0.2) is 0 Å². The molecule has 0 rings (SSSR count). The summed E-state index contributed by atoms with van der Waals surface area (Å²) >= 11 is 0. The van der Waals surface area contributed by atoms with Gasteiger partial charge >= 0.3 is 0 Å². The van der Waals surface area contributed by atoms with E-state index in [0.717, 1.165) is 0 Å². The van der Waals surface area contributed by atoms with Crippen molar-refractivity contribution < 1.29 is 9.90 Å². The average molecular weight is 170 g/mol. The van der Waals surface area contributed by atoms with Crippen LogP contribution in [-0.2, 0) is 4.79 Å². The Morgan fingerprint density at radius 2 is 2.08 bits per heavy atom. The molecular formula is C10H18O2. The lowest BCUT2D eigenvalue weighted by atomic mass is 9.89. The molecule has 0 heterocycles. The molecule has 1 N–H and O–H groups in total. The van der Waals surface area contributed by atoms with E-state index >= 15 is 0 Å². The fourth-order valence-corrected chi connectivity index (χ4v) is 1.11. The molecule has 0 aliphatic rings. The Morgan fingerprint density at radius 1 is 1.58 bits per heavy atom. The monoisotopic (exact) mass is 170 g/mol. The first kappa shape index (κ1) is 11.4. The maximum Gasteiger partial charge on any atom is 0.138 e. The first-order valence-electron chi connectivity index (χ1n) is 4.37. The molecule has 0 aliphatic heterocycles. The second kappa shape index (κ2) is 5.09. The third-order valence-corrected chi connectivity index (χ3v) is 2.28. The molecule has 0 bridgehead atoms. The van der Waals surface area contributed by atoms with Crippen molar-refractivity contribution in [1.82, 2.24) is 0 Å². The lowest BCUT2D eigenvalue weighted by Crippen LogP contribution is -2.29. The van der Waals surface area contributed by atoms with Crippen LogP contribution < -0.4 is 0 Å². The van der Waals surface area contributed by atoms with Crippen molar-refractivity contribution in [3.05, 3.63) is 12.7 Å². The van der Waals surface area contributed by atoms with Crippen LogP contribution in [0.15, 0.2) is 12.7 Å². The van der Waals surface area contributed by atoms with Gasteiger partial charge in [-0.1, -0.05) is 26.8 Å². The van der Waals surface area contributed by atoms with Gasteiger partial charge in [0.2, 0.25) is 0 Å². The Morgan fingerprint density at radius 3 is 2.42 bits per heavy atom. The predicted octanol–water partition coefficient (Wildman–Crippen LogP) is 1.78. The van der Waals surface area contributed by atoms with Crippen LogP contribution in [0.5, 0.6) is 0 Å². The molecule has 2 heteroatoms. The highest BCUT2D eigenvalue weighted by atomic mass is 16.3.